The first-order valence-electron chi connectivity index (χ1n) is 6.81. The molecule has 0 amide bonds. The number of nitrogens with one attached hydrogen (secondary N) is 1. The van der Waals surface area contributed by atoms with Crippen LogP contribution in [-0.4, -0.2) is 29.8 Å². The van der Waals surface area contributed by atoms with Crippen LogP contribution in [0.3, 0.4) is 0 Å². The Kier molecular flexibility index (Phi) is 4.99. The topological polar surface area (TPSA) is 41.5 Å². The number of hydrogen-bond acceptors (Lipinski definition) is 4. The lowest BCUT2D eigenvalue weighted by Gasteiger charge is -2.24. The van der Waals surface area contributed by atoms with Gasteiger partial charge in [-0.25, -0.2) is 0 Å². The number of aromatic hydroxyl groups is 1. The molecule has 2 N–H and O–H groups in total. The van der Waals surface area contributed by atoms with Crippen molar-refractivity contribution in [3.8, 4) is 11.5 Å². The zero-order valence-electron chi connectivity index (χ0n) is 11.8. The van der Waals surface area contributed by atoms with Gasteiger partial charge in [0, 0.05) is 17.3 Å². The van der Waals surface area contributed by atoms with E-state index >= 15 is 0 Å². The van der Waals surface area contributed by atoms with E-state index in [2.05, 4.69) is 18.5 Å². The smallest absolute Gasteiger partial charge is 0.160 e. The Hall–Kier alpha value is -0.870. The molecule has 3 atom stereocenters. The highest BCUT2D eigenvalue weighted by Gasteiger charge is 2.27. The highest BCUT2D eigenvalue weighted by Crippen LogP contribution is 2.32. The normalized spacial score (nSPS) is 24.4. The van der Waals surface area contributed by atoms with E-state index in [1.165, 1.54) is 19.3 Å². The van der Waals surface area contributed by atoms with Crippen LogP contribution in [0.5, 0.6) is 11.5 Å². The Morgan fingerprint density at radius 2 is 2.21 bits per heavy atom. The molecule has 3 nitrogen and oxygen atoms in total. The van der Waals surface area contributed by atoms with Crippen molar-refractivity contribution in [1.29, 1.82) is 0 Å². The van der Waals surface area contributed by atoms with Crippen molar-refractivity contribution in [2.45, 2.75) is 43.5 Å². The van der Waals surface area contributed by atoms with Crippen molar-refractivity contribution in [2.75, 3.05) is 13.4 Å². The Labute approximate surface area is 119 Å². The minimum absolute atomic E-state index is 0.196. The zero-order chi connectivity index (χ0) is 13.8. The summed E-state index contributed by atoms with van der Waals surface area (Å²) in [6.45, 7) is 2.17. The fourth-order valence-corrected chi connectivity index (χ4v) is 3.73. The van der Waals surface area contributed by atoms with E-state index in [0.29, 0.717) is 11.8 Å². The molecule has 0 spiro atoms. The first-order valence-corrected chi connectivity index (χ1v) is 8.10. The van der Waals surface area contributed by atoms with Crippen LogP contribution in [0, 0.1) is 0 Å². The average molecular weight is 281 g/mol. The highest BCUT2D eigenvalue weighted by atomic mass is 32.2. The van der Waals surface area contributed by atoms with Gasteiger partial charge in [0.05, 0.1) is 7.11 Å². The fourth-order valence-electron chi connectivity index (χ4n) is 2.78. The van der Waals surface area contributed by atoms with Crippen LogP contribution in [0.2, 0.25) is 0 Å². The van der Waals surface area contributed by atoms with E-state index < -0.39 is 0 Å². The Morgan fingerprint density at radius 1 is 1.42 bits per heavy atom. The molecule has 0 bridgehead atoms. The Balaban J connectivity index is 2.05. The minimum atomic E-state index is 0.196. The summed E-state index contributed by atoms with van der Waals surface area (Å²) in [5.74, 6) is 0.736. The molecular formula is C15H23NO2S. The molecule has 0 saturated heterocycles. The molecule has 106 valence electrons. The van der Waals surface area contributed by atoms with Gasteiger partial charge in [0.2, 0.25) is 0 Å². The van der Waals surface area contributed by atoms with Gasteiger partial charge in [-0.2, -0.15) is 11.8 Å². The Bertz CT molecular complexity index is 425. The Morgan fingerprint density at radius 3 is 2.89 bits per heavy atom. The van der Waals surface area contributed by atoms with Crippen molar-refractivity contribution in [3.63, 3.8) is 0 Å². The number of ether oxygens (including phenoxy) is 1. The summed E-state index contributed by atoms with van der Waals surface area (Å²) in [6.07, 6.45) is 6.07. The summed E-state index contributed by atoms with van der Waals surface area (Å²) in [4.78, 5) is 0. The lowest BCUT2D eigenvalue weighted by Crippen LogP contribution is -2.35. The van der Waals surface area contributed by atoms with Crippen LogP contribution in [0.4, 0.5) is 0 Å². The second kappa shape index (κ2) is 6.53. The van der Waals surface area contributed by atoms with Crippen molar-refractivity contribution >= 4 is 11.8 Å². The maximum atomic E-state index is 9.63. The molecule has 1 saturated carbocycles. The zero-order valence-corrected chi connectivity index (χ0v) is 12.7. The molecule has 4 heteroatoms. The summed E-state index contributed by atoms with van der Waals surface area (Å²) in [6, 6.07) is 6.43. The van der Waals surface area contributed by atoms with E-state index in [1.807, 2.05) is 23.9 Å². The van der Waals surface area contributed by atoms with E-state index in [4.69, 9.17) is 4.74 Å². The summed E-state index contributed by atoms with van der Waals surface area (Å²) < 4.78 is 5.17. The number of rotatable bonds is 5. The third-order valence-electron chi connectivity index (χ3n) is 3.92. The van der Waals surface area contributed by atoms with E-state index in [0.717, 1.165) is 10.8 Å². The van der Waals surface area contributed by atoms with Gasteiger partial charge in [0.25, 0.3) is 0 Å². The van der Waals surface area contributed by atoms with Gasteiger partial charge in [-0.15, -0.1) is 0 Å². The number of hydrogen-bond donors (Lipinski definition) is 2. The summed E-state index contributed by atoms with van der Waals surface area (Å²) in [7, 11) is 1.58. The largest absolute Gasteiger partial charge is 0.504 e. The second-order valence-electron chi connectivity index (χ2n) is 5.13. The van der Waals surface area contributed by atoms with Crippen molar-refractivity contribution < 1.29 is 9.84 Å². The van der Waals surface area contributed by atoms with Crippen LogP contribution in [-0.2, 0) is 0 Å². The fraction of sp³-hybridized carbons (Fsp3) is 0.600. The van der Waals surface area contributed by atoms with E-state index in [1.54, 1.807) is 13.2 Å². The molecule has 0 heterocycles. The van der Waals surface area contributed by atoms with Crippen LogP contribution in [0.1, 0.15) is 37.8 Å². The number of methoxy groups -OCH3 is 1. The van der Waals surface area contributed by atoms with Gasteiger partial charge in [-0.1, -0.05) is 12.5 Å². The van der Waals surface area contributed by atoms with Gasteiger partial charge in [0.1, 0.15) is 0 Å². The van der Waals surface area contributed by atoms with Crippen LogP contribution in [0.15, 0.2) is 18.2 Å². The monoisotopic (exact) mass is 281 g/mol. The number of thioether (sulfide) groups is 1. The van der Waals surface area contributed by atoms with Gasteiger partial charge < -0.3 is 15.2 Å². The highest BCUT2D eigenvalue weighted by molar-refractivity contribution is 7.99. The molecule has 1 fully saturated rings. The lowest BCUT2D eigenvalue weighted by atomic mass is 10.1. The third-order valence-corrected chi connectivity index (χ3v) is 5.09. The standard InChI is InChI=1S/C15H23NO2S/c1-10(16-12-5-4-6-15(12)19-3)11-7-8-13(17)14(9-11)18-2/h7-10,12,15-17H,4-6H2,1-3H3. The maximum Gasteiger partial charge on any atom is 0.160 e. The summed E-state index contributed by atoms with van der Waals surface area (Å²) in [5, 5.41) is 14.1. The molecule has 1 aromatic rings. The quantitative estimate of drug-likeness (QED) is 0.868. The first kappa shape index (κ1) is 14.5. The molecule has 1 aliphatic carbocycles. The number of phenolic OH excluding ortho intramolecular Hbond substituents is 1. The molecule has 1 aliphatic rings. The van der Waals surface area contributed by atoms with Crippen LogP contribution >= 0.6 is 11.8 Å². The van der Waals surface area contributed by atoms with Gasteiger partial charge in [0.15, 0.2) is 11.5 Å². The lowest BCUT2D eigenvalue weighted by molar-refractivity contribution is 0.371. The summed E-state index contributed by atoms with van der Waals surface area (Å²) >= 11 is 1.96. The van der Waals surface area contributed by atoms with Gasteiger partial charge >= 0.3 is 0 Å². The van der Waals surface area contributed by atoms with Crippen molar-refractivity contribution in [2.24, 2.45) is 0 Å². The molecule has 0 radical (unpaired) electrons. The number of benzene rings is 1. The van der Waals surface area contributed by atoms with Crippen molar-refractivity contribution in [3.05, 3.63) is 23.8 Å². The predicted octanol–water partition coefficient (Wildman–Crippen LogP) is 3.34. The minimum Gasteiger partial charge on any atom is -0.504 e. The average Bonchev–Trinajstić information content (AvgIpc) is 2.86. The van der Waals surface area contributed by atoms with Gasteiger partial charge in [-0.05, 0) is 43.7 Å². The first-order chi connectivity index (χ1) is 9.15. The molecular weight excluding hydrogens is 258 g/mol. The molecule has 1 aromatic carbocycles. The third kappa shape index (κ3) is 3.37. The van der Waals surface area contributed by atoms with E-state index in [9.17, 15) is 5.11 Å². The van der Waals surface area contributed by atoms with Crippen molar-refractivity contribution in [1.82, 2.24) is 5.32 Å². The predicted molar refractivity (Wildman–Crippen MR) is 81.2 cm³/mol. The maximum absolute atomic E-state index is 9.63. The SMILES string of the molecule is COc1cc(C(C)NC2CCCC2SC)ccc1O. The van der Waals surface area contributed by atoms with Crippen LogP contribution in [0.25, 0.3) is 0 Å². The van der Waals surface area contributed by atoms with E-state index in [-0.39, 0.29) is 11.8 Å². The molecule has 2 rings (SSSR count). The van der Waals surface area contributed by atoms with Gasteiger partial charge in [-0.3, -0.25) is 0 Å². The molecule has 0 aliphatic heterocycles. The number of phenols is 1. The molecule has 3 unspecified atom stereocenters. The molecule has 19 heavy (non-hydrogen) atoms. The molecule has 0 aromatic heterocycles. The second-order valence-corrected chi connectivity index (χ2v) is 6.21. The van der Waals surface area contributed by atoms with Crippen LogP contribution < -0.4 is 10.1 Å². The summed E-state index contributed by atoms with van der Waals surface area (Å²) in [5.41, 5.74) is 1.15.